The lowest BCUT2D eigenvalue weighted by molar-refractivity contribution is 0.902. The minimum absolute atomic E-state index is 0.411. The molecule has 19 heavy (non-hydrogen) atoms. The maximum atomic E-state index is 6.06. The molecule has 0 spiro atoms. The van der Waals surface area contributed by atoms with Crippen LogP contribution >= 0.6 is 0 Å². The quantitative estimate of drug-likeness (QED) is 0.530. The van der Waals surface area contributed by atoms with E-state index in [1.165, 1.54) is 4.52 Å². The first-order chi connectivity index (χ1) is 9.33. The van der Waals surface area contributed by atoms with Crippen LogP contribution in [0.1, 0.15) is 0 Å². The van der Waals surface area contributed by atoms with Crippen molar-refractivity contribution in [1.82, 2.24) is 29.8 Å². The van der Waals surface area contributed by atoms with Gasteiger partial charge in [-0.25, -0.2) is 4.98 Å². The Bertz CT molecular complexity index is 856. The molecule has 4 aromatic rings. The number of aromatic nitrogens is 6. The second kappa shape index (κ2) is 3.52. The highest BCUT2D eigenvalue weighted by atomic mass is 15.3. The number of hydrogen-bond donors (Lipinski definition) is 2. The SMILES string of the molecule is Nc1c(-c2nc3ccccc3[nH]2)nnc2ccnn12. The van der Waals surface area contributed by atoms with Crippen molar-refractivity contribution in [3.63, 3.8) is 0 Å². The van der Waals surface area contributed by atoms with E-state index in [0.717, 1.165) is 11.0 Å². The van der Waals surface area contributed by atoms with E-state index in [-0.39, 0.29) is 0 Å². The molecule has 0 amide bonds. The molecule has 1 aromatic carbocycles. The van der Waals surface area contributed by atoms with E-state index in [1.807, 2.05) is 24.3 Å². The average molecular weight is 251 g/mol. The maximum absolute atomic E-state index is 6.06. The van der Waals surface area contributed by atoms with E-state index in [0.29, 0.717) is 23.0 Å². The Morgan fingerprint density at radius 3 is 2.89 bits per heavy atom. The summed E-state index contributed by atoms with van der Waals surface area (Å²) in [5.41, 5.74) is 8.95. The summed E-state index contributed by atoms with van der Waals surface area (Å²) in [6.45, 7) is 0. The van der Waals surface area contributed by atoms with Crippen LogP contribution in [0, 0.1) is 0 Å². The molecular formula is C12H9N7. The van der Waals surface area contributed by atoms with Gasteiger partial charge in [0.25, 0.3) is 0 Å². The van der Waals surface area contributed by atoms with Crippen LogP contribution in [0.4, 0.5) is 5.82 Å². The van der Waals surface area contributed by atoms with Crippen molar-refractivity contribution in [2.24, 2.45) is 0 Å². The second-order valence-electron chi connectivity index (χ2n) is 4.14. The molecule has 0 saturated carbocycles. The zero-order valence-corrected chi connectivity index (χ0v) is 9.78. The van der Waals surface area contributed by atoms with Crippen molar-refractivity contribution >= 4 is 22.5 Å². The lowest BCUT2D eigenvalue weighted by Crippen LogP contribution is -2.05. The van der Waals surface area contributed by atoms with Crippen molar-refractivity contribution in [3.8, 4) is 11.5 Å². The van der Waals surface area contributed by atoms with Gasteiger partial charge in [-0.05, 0) is 12.1 Å². The van der Waals surface area contributed by atoms with Crippen LogP contribution in [-0.2, 0) is 0 Å². The van der Waals surface area contributed by atoms with Crippen LogP contribution in [0.2, 0.25) is 0 Å². The Kier molecular flexibility index (Phi) is 1.85. The van der Waals surface area contributed by atoms with Gasteiger partial charge in [-0.15, -0.1) is 10.2 Å². The van der Waals surface area contributed by atoms with E-state index in [4.69, 9.17) is 5.73 Å². The predicted molar refractivity (Wildman–Crippen MR) is 70.3 cm³/mol. The van der Waals surface area contributed by atoms with Gasteiger partial charge in [0.05, 0.1) is 17.2 Å². The first kappa shape index (κ1) is 10.0. The van der Waals surface area contributed by atoms with Crippen LogP contribution in [0.25, 0.3) is 28.2 Å². The van der Waals surface area contributed by atoms with Gasteiger partial charge >= 0.3 is 0 Å². The second-order valence-corrected chi connectivity index (χ2v) is 4.14. The molecule has 7 nitrogen and oxygen atoms in total. The number of nitrogens with one attached hydrogen (secondary N) is 1. The predicted octanol–water partition coefficient (Wildman–Crippen LogP) is 1.25. The summed E-state index contributed by atoms with van der Waals surface area (Å²) in [6, 6.07) is 9.48. The third kappa shape index (κ3) is 1.38. The van der Waals surface area contributed by atoms with E-state index in [9.17, 15) is 0 Å². The Balaban J connectivity index is 2.00. The number of hydrogen-bond acceptors (Lipinski definition) is 5. The average Bonchev–Trinajstić information content (AvgIpc) is 3.05. The van der Waals surface area contributed by atoms with E-state index < -0.39 is 0 Å². The number of nitrogens with two attached hydrogens (primary N) is 1. The Morgan fingerprint density at radius 2 is 2.00 bits per heavy atom. The van der Waals surface area contributed by atoms with Crippen molar-refractivity contribution < 1.29 is 0 Å². The first-order valence-corrected chi connectivity index (χ1v) is 5.74. The summed E-state index contributed by atoms with van der Waals surface area (Å²) in [7, 11) is 0. The van der Waals surface area contributed by atoms with Crippen molar-refractivity contribution in [1.29, 1.82) is 0 Å². The van der Waals surface area contributed by atoms with Crippen molar-refractivity contribution in [2.75, 3.05) is 5.73 Å². The molecular weight excluding hydrogens is 242 g/mol. The highest BCUT2D eigenvalue weighted by molar-refractivity contribution is 5.80. The number of nitrogens with zero attached hydrogens (tertiary/aromatic N) is 5. The Labute approximate surface area is 107 Å². The standard InChI is InChI=1S/C12H9N7/c13-11-10(18-17-9-5-6-14-19(9)11)12-15-7-3-1-2-4-8(7)16-12/h1-6H,13H2,(H,15,16). The highest BCUT2D eigenvalue weighted by Crippen LogP contribution is 2.22. The largest absolute Gasteiger partial charge is 0.382 e. The van der Waals surface area contributed by atoms with Gasteiger partial charge in [0.2, 0.25) is 0 Å². The van der Waals surface area contributed by atoms with Crippen LogP contribution in [-0.4, -0.2) is 29.8 Å². The topological polar surface area (TPSA) is 97.8 Å². The summed E-state index contributed by atoms with van der Waals surface area (Å²) in [6.07, 6.45) is 1.63. The van der Waals surface area contributed by atoms with E-state index >= 15 is 0 Å². The van der Waals surface area contributed by atoms with Crippen molar-refractivity contribution in [2.45, 2.75) is 0 Å². The number of imidazole rings is 1. The van der Waals surface area contributed by atoms with Gasteiger partial charge in [-0.2, -0.15) is 9.61 Å². The molecule has 4 rings (SSSR count). The summed E-state index contributed by atoms with van der Waals surface area (Å²) in [5, 5.41) is 12.3. The van der Waals surface area contributed by atoms with Crippen LogP contribution in [0.3, 0.4) is 0 Å². The summed E-state index contributed by atoms with van der Waals surface area (Å²) in [5.74, 6) is 0.998. The first-order valence-electron chi connectivity index (χ1n) is 5.74. The van der Waals surface area contributed by atoms with Gasteiger partial charge in [-0.1, -0.05) is 12.1 Å². The number of aromatic amines is 1. The number of anilines is 1. The number of H-pyrrole nitrogens is 1. The molecule has 0 radical (unpaired) electrons. The van der Waals surface area contributed by atoms with E-state index in [1.54, 1.807) is 12.3 Å². The molecule has 3 N–H and O–H groups in total. The summed E-state index contributed by atoms with van der Waals surface area (Å²) < 4.78 is 1.54. The number of para-hydroxylation sites is 2. The fourth-order valence-corrected chi connectivity index (χ4v) is 2.04. The molecule has 0 fully saturated rings. The Hall–Kier alpha value is -2.96. The third-order valence-corrected chi connectivity index (χ3v) is 2.96. The summed E-state index contributed by atoms with van der Waals surface area (Å²) >= 11 is 0. The minimum atomic E-state index is 0.411. The number of fused-ring (bicyclic) bond motifs is 2. The van der Waals surface area contributed by atoms with Gasteiger partial charge < -0.3 is 10.7 Å². The van der Waals surface area contributed by atoms with Crippen LogP contribution in [0.15, 0.2) is 36.5 Å². The number of rotatable bonds is 1. The van der Waals surface area contributed by atoms with Gasteiger partial charge in [0, 0.05) is 6.07 Å². The molecule has 0 aliphatic carbocycles. The van der Waals surface area contributed by atoms with E-state index in [2.05, 4.69) is 25.3 Å². The van der Waals surface area contributed by atoms with Gasteiger partial charge in [0.1, 0.15) is 0 Å². The lowest BCUT2D eigenvalue weighted by atomic mass is 10.3. The zero-order valence-electron chi connectivity index (χ0n) is 9.78. The molecule has 0 aliphatic rings. The fourth-order valence-electron chi connectivity index (χ4n) is 2.04. The van der Waals surface area contributed by atoms with Crippen LogP contribution < -0.4 is 5.73 Å². The third-order valence-electron chi connectivity index (χ3n) is 2.96. The normalized spacial score (nSPS) is 11.4. The smallest absolute Gasteiger partial charge is 0.179 e. The lowest BCUT2D eigenvalue weighted by Gasteiger charge is -2.02. The molecule has 0 unspecified atom stereocenters. The van der Waals surface area contributed by atoms with Crippen LogP contribution in [0.5, 0.6) is 0 Å². The summed E-state index contributed by atoms with van der Waals surface area (Å²) in [4.78, 5) is 7.63. The van der Waals surface area contributed by atoms with Gasteiger partial charge in [0.15, 0.2) is 23.0 Å². The molecule has 7 heteroatoms. The molecule has 92 valence electrons. The molecule has 0 saturated heterocycles. The molecule has 3 heterocycles. The maximum Gasteiger partial charge on any atom is 0.179 e. The molecule has 3 aromatic heterocycles. The van der Waals surface area contributed by atoms with Crippen molar-refractivity contribution in [3.05, 3.63) is 36.5 Å². The number of nitrogen functional groups attached to an aromatic ring is 1. The van der Waals surface area contributed by atoms with Gasteiger partial charge in [-0.3, -0.25) is 0 Å². The highest BCUT2D eigenvalue weighted by Gasteiger charge is 2.13. The zero-order chi connectivity index (χ0) is 12.8. The molecule has 0 atom stereocenters. The molecule has 0 aliphatic heterocycles. The monoisotopic (exact) mass is 251 g/mol. The fraction of sp³-hybridized carbons (Fsp3) is 0. The minimum Gasteiger partial charge on any atom is -0.382 e. The number of benzene rings is 1. The molecule has 0 bridgehead atoms. The Morgan fingerprint density at radius 1 is 1.11 bits per heavy atom.